The zero-order chi connectivity index (χ0) is 19.7. The van der Waals surface area contributed by atoms with E-state index in [1.54, 1.807) is 17.9 Å². The summed E-state index contributed by atoms with van der Waals surface area (Å²) in [5.74, 6) is 0.241. The second-order valence-corrected chi connectivity index (χ2v) is 6.82. The van der Waals surface area contributed by atoms with Gasteiger partial charge in [-0.15, -0.1) is 6.58 Å². The van der Waals surface area contributed by atoms with Gasteiger partial charge in [-0.3, -0.25) is 14.2 Å². The third-order valence-electron chi connectivity index (χ3n) is 5.08. The molecule has 0 saturated carbocycles. The molecule has 1 fully saturated rings. The molecule has 0 atom stereocenters. The number of fused-ring (bicyclic) bond motifs is 1. The Labute approximate surface area is 162 Å². The van der Waals surface area contributed by atoms with Gasteiger partial charge in [0.15, 0.2) is 0 Å². The van der Waals surface area contributed by atoms with Crippen molar-refractivity contribution in [2.75, 3.05) is 31.1 Å². The molecule has 1 aliphatic rings. The summed E-state index contributed by atoms with van der Waals surface area (Å²) in [6.45, 7) is 8.33. The number of carbonyl (C=O) groups excluding carboxylic acids is 1. The SMILES string of the molecule is C=CCn1cnc2oc(C)c(C(=O)N3CCN(c4ccccc4)CC3)c2c1=O. The summed E-state index contributed by atoms with van der Waals surface area (Å²) >= 11 is 0. The number of aromatic nitrogens is 2. The molecule has 0 radical (unpaired) electrons. The van der Waals surface area contributed by atoms with Gasteiger partial charge in [0, 0.05) is 38.4 Å². The van der Waals surface area contributed by atoms with Crippen LogP contribution >= 0.6 is 0 Å². The number of hydrogen-bond acceptors (Lipinski definition) is 5. The molecule has 144 valence electrons. The van der Waals surface area contributed by atoms with Gasteiger partial charge in [0.2, 0.25) is 5.71 Å². The summed E-state index contributed by atoms with van der Waals surface area (Å²) in [4.78, 5) is 34.2. The van der Waals surface area contributed by atoms with E-state index in [2.05, 4.69) is 28.6 Å². The number of piperazine rings is 1. The molecule has 28 heavy (non-hydrogen) atoms. The minimum Gasteiger partial charge on any atom is -0.442 e. The average Bonchev–Trinajstić information content (AvgIpc) is 3.07. The number of anilines is 1. The van der Waals surface area contributed by atoms with Gasteiger partial charge in [0.1, 0.15) is 17.5 Å². The van der Waals surface area contributed by atoms with Crippen LogP contribution in [0.3, 0.4) is 0 Å². The second kappa shape index (κ2) is 7.34. The highest BCUT2D eigenvalue weighted by Crippen LogP contribution is 2.24. The Balaban J connectivity index is 1.61. The predicted molar refractivity (Wildman–Crippen MR) is 108 cm³/mol. The molecule has 0 bridgehead atoms. The van der Waals surface area contributed by atoms with Crippen molar-refractivity contribution < 1.29 is 9.21 Å². The highest BCUT2D eigenvalue weighted by molar-refractivity contribution is 6.06. The van der Waals surface area contributed by atoms with Crippen molar-refractivity contribution in [3.63, 3.8) is 0 Å². The van der Waals surface area contributed by atoms with Crippen molar-refractivity contribution >= 4 is 22.7 Å². The van der Waals surface area contributed by atoms with E-state index in [9.17, 15) is 9.59 Å². The summed E-state index contributed by atoms with van der Waals surface area (Å²) in [6.07, 6.45) is 3.04. The Morgan fingerprint density at radius 1 is 1.21 bits per heavy atom. The van der Waals surface area contributed by atoms with Gasteiger partial charge in [0.05, 0.1) is 5.56 Å². The van der Waals surface area contributed by atoms with E-state index in [0.717, 1.165) is 18.8 Å². The lowest BCUT2D eigenvalue weighted by molar-refractivity contribution is 0.0746. The third-order valence-corrected chi connectivity index (χ3v) is 5.08. The molecule has 3 aromatic rings. The lowest BCUT2D eigenvalue weighted by Crippen LogP contribution is -2.49. The van der Waals surface area contributed by atoms with Gasteiger partial charge < -0.3 is 14.2 Å². The number of carbonyl (C=O) groups is 1. The molecule has 0 spiro atoms. The van der Waals surface area contributed by atoms with Crippen LogP contribution < -0.4 is 10.5 Å². The Bertz CT molecular complexity index is 1080. The fraction of sp³-hybridized carbons (Fsp3) is 0.286. The smallest absolute Gasteiger partial charge is 0.265 e. The molecule has 7 heteroatoms. The zero-order valence-corrected chi connectivity index (χ0v) is 15.8. The first kappa shape index (κ1) is 18.0. The molecule has 0 unspecified atom stereocenters. The van der Waals surface area contributed by atoms with Crippen molar-refractivity contribution in [1.82, 2.24) is 14.5 Å². The van der Waals surface area contributed by atoms with Crippen molar-refractivity contribution in [3.05, 3.63) is 71.0 Å². The number of para-hydroxylation sites is 1. The molecule has 2 aromatic heterocycles. The number of hydrogen-bond donors (Lipinski definition) is 0. The highest BCUT2D eigenvalue weighted by atomic mass is 16.3. The molecule has 7 nitrogen and oxygen atoms in total. The maximum Gasteiger partial charge on any atom is 0.265 e. The van der Waals surface area contributed by atoms with Crippen molar-refractivity contribution in [2.45, 2.75) is 13.5 Å². The van der Waals surface area contributed by atoms with Gasteiger partial charge in [0.25, 0.3) is 11.5 Å². The van der Waals surface area contributed by atoms with E-state index < -0.39 is 0 Å². The summed E-state index contributed by atoms with van der Waals surface area (Å²) in [7, 11) is 0. The van der Waals surface area contributed by atoms with E-state index in [1.165, 1.54) is 10.9 Å². The van der Waals surface area contributed by atoms with Crippen LogP contribution in [0.25, 0.3) is 11.1 Å². The zero-order valence-electron chi connectivity index (χ0n) is 15.8. The first-order chi connectivity index (χ1) is 13.6. The highest BCUT2D eigenvalue weighted by Gasteiger charge is 2.29. The second-order valence-electron chi connectivity index (χ2n) is 6.82. The van der Waals surface area contributed by atoms with Crippen LogP contribution in [0.15, 0.2) is 58.5 Å². The molecule has 3 heterocycles. The van der Waals surface area contributed by atoms with Gasteiger partial charge in [-0.25, -0.2) is 4.98 Å². The lowest BCUT2D eigenvalue weighted by Gasteiger charge is -2.36. The maximum atomic E-state index is 13.2. The van der Waals surface area contributed by atoms with Crippen LogP contribution in [0.2, 0.25) is 0 Å². The molecule has 1 saturated heterocycles. The van der Waals surface area contributed by atoms with Crippen LogP contribution in [-0.2, 0) is 6.54 Å². The Morgan fingerprint density at radius 3 is 2.61 bits per heavy atom. The Hall–Kier alpha value is -3.35. The molecular formula is C21H22N4O3. The number of benzene rings is 1. The number of aryl methyl sites for hydroxylation is 1. The molecule has 1 aliphatic heterocycles. The summed E-state index contributed by atoms with van der Waals surface area (Å²) in [6, 6.07) is 10.1. The largest absolute Gasteiger partial charge is 0.442 e. The van der Waals surface area contributed by atoms with Crippen molar-refractivity contribution in [2.24, 2.45) is 0 Å². The number of allylic oxidation sites excluding steroid dienone is 1. The normalized spacial score (nSPS) is 14.5. The van der Waals surface area contributed by atoms with Crippen LogP contribution in [0.4, 0.5) is 5.69 Å². The average molecular weight is 378 g/mol. The topological polar surface area (TPSA) is 71.6 Å². The van der Waals surface area contributed by atoms with Crippen LogP contribution in [0, 0.1) is 6.92 Å². The third kappa shape index (κ3) is 3.09. The van der Waals surface area contributed by atoms with Crippen LogP contribution in [-0.4, -0.2) is 46.5 Å². The standard InChI is InChI=1S/C21H22N4O3/c1-3-9-25-14-22-19-18(21(25)27)17(15(2)28-19)20(26)24-12-10-23(11-13-24)16-7-5-4-6-8-16/h3-8,14H,1,9-13H2,2H3. The van der Waals surface area contributed by atoms with Gasteiger partial charge >= 0.3 is 0 Å². The molecule has 1 aromatic carbocycles. The molecular weight excluding hydrogens is 356 g/mol. The summed E-state index contributed by atoms with van der Waals surface area (Å²) in [5, 5.41) is 0.248. The van der Waals surface area contributed by atoms with Gasteiger partial charge in [-0.05, 0) is 19.1 Å². The van der Waals surface area contributed by atoms with Crippen molar-refractivity contribution in [1.29, 1.82) is 0 Å². The number of nitrogens with zero attached hydrogens (tertiary/aromatic N) is 4. The predicted octanol–water partition coefficient (Wildman–Crippen LogP) is 2.45. The maximum absolute atomic E-state index is 13.2. The van der Waals surface area contributed by atoms with Crippen LogP contribution in [0.5, 0.6) is 0 Å². The quantitative estimate of drug-likeness (QED) is 0.652. The minimum absolute atomic E-state index is 0.181. The number of amides is 1. The minimum atomic E-state index is -0.284. The molecule has 4 rings (SSSR count). The first-order valence-electron chi connectivity index (χ1n) is 9.29. The molecule has 0 aliphatic carbocycles. The molecule has 1 amide bonds. The van der Waals surface area contributed by atoms with E-state index in [0.29, 0.717) is 31.0 Å². The summed E-state index contributed by atoms with van der Waals surface area (Å²) in [5.41, 5.74) is 1.39. The van der Waals surface area contributed by atoms with E-state index >= 15 is 0 Å². The fourth-order valence-corrected chi connectivity index (χ4v) is 3.63. The van der Waals surface area contributed by atoms with Crippen LogP contribution in [0.1, 0.15) is 16.1 Å². The number of furan rings is 1. The Kier molecular flexibility index (Phi) is 4.73. The molecule has 0 N–H and O–H groups in total. The lowest BCUT2D eigenvalue weighted by atomic mass is 10.1. The first-order valence-corrected chi connectivity index (χ1v) is 9.29. The van der Waals surface area contributed by atoms with Gasteiger partial charge in [-0.1, -0.05) is 24.3 Å². The fourth-order valence-electron chi connectivity index (χ4n) is 3.63. The monoisotopic (exact) mass is 378 g/mol. The number of rotatable bonds is 4. The van der Waals surface area contributed by atoms with Crippen molar-refractivity contribution in [3.8, 4) is 0 Å². The Morgan fingerprint density at radius 2 is 1.93 bits per heavy atom. The van der Waals surface area contributed by atoms with E-state index in [-0.39, 0.29) is 22.6 Å². The van der Waals surface area contributed by atoms with E-state index in [4.69, 9.17) is 4.42 Å². The van der Waals surface area contributed by atoms with E-state index in [1.807, 2.05) is 18.2 Å². The van der Waals surface area contributed by atoms with Gasteiger partial charge in [-0.2, -0.15) is 0 Å². The summed E-state index contributed by atoms with van der Waals surface area (Å²) < 4.78 is 7.03.